The molecule has 1 aromatic heterocycles. The lowest BCUT2D eigenvalue weighted by atomic mass is 10.2. The van der Waals surface area contributed by atoms with E-state index in [0.717, 1.165) is 16.9 Å². The molecule has 1 heterocycles. The maximum atomic E-state index is 11.7. The topological polar surface area (TPSA) is 63.8 Å². The smallest absolute Gasteiger partial charge is 0.267 e. The zero-order valence-corrected chi connectivity index (χ0v) is 10.3. The average molecular weight is 252 g/mol. The van der Waals surface area contributed by atoms with Crippen LogP contribution in [0.5, 0.6) is 0 Å². The van der Waals surface area contributed by atoms with Gasteiger partial charge < -0.3 is 5.73 Å². The van der Waals surface area contributed by atoms with Crippen LogP contribution in [0.3, 0.4) is 0 Å². The maximum Gasteiger partial charge on any atom is 0.267 e. The third-order valence-corrected chi connectivity index (χ3v) is 2.99. The molecule has 0 amide bonds. The minimum Gasteiger partial charge on any atom is -0.330 e. The van der Waals surface area contributed by atoms with Gasteiger partial charge in [-0.1, -0.05) is 11.6 Å². The van der Waals surface area contributed by atoms with Gasteiger partial charge in [0.1, 0.15) is 0 Å². The van der Waals surface area contributed by atoms with Gasteiger partial charge in [-0.05, 0) is 44.2 Å². The summed E-state index contributed by atoms with van der Waals surface area (Å²) in [4.78, 5) is 11.7. The summed E-state index contributed by atoms with van der Waals surface area (Å²) in [5, 5.41) is 3.47. The number of nitrogens with one attached hydrogen (secondary N) is 1. The van der Waals surface area contributed by atoms with Gasteiger partial charge in [0.15, 0.2) is 0 Å². The Bertz CT molecular complexity index is 568. The van der Waals surface area contributed by atoms with Crippen LogP contribution in [0.4, 0.5) is 0 Å². The van der Waals surface area contributed by atoms with Crippen molar-refractivity contribution in [2.24, 2.45) is 5.73 Å². The van der Waals surface area contributed by atoms with Crippen LogP contribution < -0.4 is 11.3 Å². The molecule has 0 atom stereocenters. The van der Waals surface area contributed by atoms with Crippen molar-refractivity contribution in [3.05, 3.63) is 50.9 Å². The summed E-state index contributed by atoms with van der Waals surface area (Å²) in [5.74, 6) is 0. The SMILES string of the molecule is Cc1c(CCN)c(=O)[nH]n1-c1ccc(Cl)cc1. The first-order chi connectivity index (χ1) is 8.13. The van der Waals surface area contributed by atoms with Crippen LogP contribution in [-0.4, -0.2) is 16.3 Å². The van der Waals surface area contributed by atoms with E-state index in [4.69, 9.17) is 17.3 Å². The fraction of sp³-hybridized carbons (Fsp3) is 0.250. The van der Waals surface area contributed by atoms with Crippen LogP contribution in [0.1, 0.15) is 11.3 Å². The van der Waals surface area contributed by atoms with Gasteiger partial charge in [-0.2, -0.15) is 0 Å². The Kier molecular flexibility index (Phi) is 3.36. The Labute approximate surface area is 104 Å². The van der Waals surface area contributed by atoms with E-state index < -0.39 is 0 Å². The molecule has 17 heavy (non-hydrogen) atoms. The summed E-state index contributed by atoms with van der Waals surface area (Å²) in [6, 6.07) is 7.30. The van der Waals surface area contributed by atoms with E-state index in [1.807, 2.05) is 19.1 Å². The molecule has 0 unspecified atom stereocenters. The Hall–Kier alpha value is -1.52. The van der Waals surface area contributed by atoms with Crippen molar-refractivity contribution in [2.75, 3.05) is 6.54 Å². The van der Waals surface area contributed by atoms with Crippen LogP contribution in [0.25, 0.3) is 5.69 Å². The zero-order chi connectivity index (χ0) is 12.4. The molecule has 0 bridgehead atoms. The molecule has 5 heteroatoms. The first-order valence-corrected chi connectivity index (χ1v) is 5.78. The fourth-order valence-corrected chi connectivity index (χ4v) is 1.97. The van der Waals surface area contributed by atoms with Gasteiger partial charge in [0.2, 0.25) is 0 Å². The monoisotopic (exact) mass is 251 g/mol. The van der Waals surface area contributed by atoms with E-state index in [1.54, 1.807) is 16.8 Å². The molecule has 0 aliphatic heterocycles. The van der Waals surface area contributed by atoms with Gasteiger partial charge >= 0.3 is 0 Å². The molecule has 0 aliphatic rings. The molecule has 0 saturated carbocycles. The second-order valence-corrected chi connectivity index (χ2v) is 4.29. The van der Waals surface area contributed by atoms with Crippen LogP contribution >= 0.6 is 11.6 Å². The van der Waals surface area contributed by atoms with Crippen molar-refractivity contribution in [2.45, 2.75) is 13.3 Å². The summed E-state index contributed by atoms with van der Waals surface area (Å²) in [6.45, 7) is 2.37. The highest BCUT2D eigenvalue weighted by molar-refractivity contribution is 6.30. The number of nitrogens with zero attached hydrogens (tertiary/aromatic N) is 1. The third kappa shape index (κ3) is 2.28. The summed E-state index contributed by atoms with van der Waals surface area (Å²) in [6.07, 6.45) is 0.585. The van der Waals surface area contributed by atoms with Crippen molar-refractivity contribution >= 4 is 11.6 Å². The number of nitrogens with two attached hydrogens (primary N) is 1. The van der Waals surface area contributed by atoms with Crippen molar-refractivity contribution in [1.82, 2.24) is 9.78 Å². The largest absolute Gasteiger partial charge is 0.330 e. The lowest BCUT2D eigenvalue weighted by Crippen LogP contribution is -2.12. The minimum atomic E-state index is -0.0806. The summed E-state index contributed by atoms with van der Waals surface area (Å²) < 4.78 is 1.75. The van der Waals surface area contributed by atoms with E-state index in [9.17, 15) is 4.79 Å². The van der Waals surface area contributed by atoms with Crippen LogP contribution in [-0.2, 0) is 6.42 Å². The second-order valence-electron chi connectivity index (χ2n) is 3.86. The zero-order valence-electron chi connectivity index (χ0n) is 9.53. The van der Waals surface area contributed by atoms with Gasteiger partial charge in [-0.25, -0.2) is 0 Å². The maximum absolute atomic E-state index is 11.7. The van der Waals surface area contributed by atoms with Gasteiger partial charge in [-0.15, -0.1) is 0 Å². The molecule has 4 nitrogen and oxygen atoms in total. The van der Waals surface area contributed by atoms with Gasteiger partial charge in [0.25, 0.3) is 5.56 Å². The number of H-pyrrole nitrogens is 1. The minimum absolute atomic E-state index is 0.0806. The molecular weight excluding hydrogens is 238 g/mol. The lowest BCUT2D eigenvalue weighted by Gasteiger charge is -2.05. The predicted molar refractivity (Wildman–Crippen MR) is 68.9 cm³/mol. The summed E-state index contributed by atoms with van der Waals surface area (Å²) >= 11 is 5.83. The molecule has 2 aromatic rings. The predicted octanol–water partition coefficient (Wildman–Crippen LogP) is 1.63. The molecular formula is C12H14ClN3O. The molecule has 1 aromatic carbocycles. The highest BCUT2D eigenvalue weighted by Crippen LogP contribution is 2.15. The normalized spacial score (nSPS) is 10.8. The summed E-state index contributed by atoms with van der Waals surface area (Å²) in [7, 11) is 0. The molecule has 0 radical (unpaired) electrons. The van der Waals surface area contributed by atoms with Crippen molar-refractivity contribution in [1.29, 1.82) is 0 Å². The van der Waals surface area contributed by atoms with Crippen LogP contribution in [0, 0.1) is 6.92 Å². The van der Waals surface area contributed by atoms with Gasteiger partial charge in [0.05, 0.1) is 5.69 Å². The molecule has 0 aliphatic carbocycles. The van der Waals surface area contributed by atoms with E-state index in [2.05, 4.69) is 5.10 Å². The molecule has 3 N–H and O–H groups in total. The molecule has 2 rings (SSSR count). The standard InChI is InChI=1S/C12H14ClN3O/c1-8-11(6-7-14)12(17)15-16(8)10-4-2-9(13)3-5-10/h2-5H,6-7,14H2,1H3,(H,15,17). The summed E-state index contributed by atoms with van der Waals surface area (Å²) in [5.41, 5.74) is 7.92. The number of rotatable bonds is 3. The lowest BCUT2D eigenvalue weighted by molar-refractivity contribution is 0.832. The Morgan fingerprint density at radius 1 is 1.35 bits per heavy atom. The Morgan fingerprint density at radius 3 is 2.59 bits per heavy atom. The quantitative estimate of drug-likeness (QED) is 0.871. The van der Waals surface area contributed by atoms with E-state index >= 15 is 0 Å². The number of aromatic nitrogens is 2. The van der Waals surface area contributed by atoms with Crippen LogP contribution in [0.15, 0.2) is 29.1 Å². The first kappa shape index (κ1) is 12.0. The Balaban J connectivity index is 2.50. The number of hydrogen-bond donors (Lipinski definition) is 2. The van der Waals surface area contributed by atoms with E-state index in [-0.39, 0.29) is 5.56 Å². The molecule has 0 spiro atoms. The number of halogens is 1. The highest BCUT2D eigenvalue weighted by atomic mass is 35.5. The number of hydrogen-bond acceptors (Lipinski definition) is 2. The fourth-order valence-electron chi connectivity index (χ4n) is 1.84. The van der Waals surface area contributed by atoms with Gasteiger partial charge in [-0.3, -0.25) is 14.6 Å². The average Bonchev–Trinajstić information content (AvgIpc) is 2.59. The van der Waals surface area contributed by atoms with E-state index in [1.165, 1.54) is 0 Å². The van der Waals surface area contributed by atoms with Crippen molar-refractivity contribution < 1.29 is 0 Å². The van der Waals surface area contributed by atoms with Crippen LogP contribution in [0.2, 0.25) is 5.02 Å². The van der Waals surface area contributed by atoms with Crippen molar-refractivity contribution in [3.8, 4) is 5.69 Å². The molecule has 0 fully saturated rings. The number of benzene rings is 1. The third-order valence-electron chi connectivity index (χ3n) is 2.74. The number of aromatic amines is 1. The molecule has 90 valence electrons. The van der Waals surface area contributed by atoms with Gasteiger partial charge in [0, 0.05) is 16.3 Å². The Morgan fingerprint density at radius 2 is 2.00 bits per heavy atom. The van der Waals surface area contributed by atoms with E-state index in [0.29, 0.717) is 18.0 Å². The molecule has 0 saturated heterocycles. The van der Waals surface area contributed by atoms with Crippen molar-refractivity contribution in [3.63, 3.8) is 0 Å². The first-order valence-electron chi connectivity index (χ1n) is 5.40. The highest BCUT2D eigenvalue weighted by Gasteiger charge is 2.10. The second kappa shape index (κ2) is 4.77.